The molecule has 13 heavy (non-hydrogen) atoms. The van der Waals surface area contributed by atoms with E-state index in [1.54, 1.807) is 12.1 Å². The summed E-state index contributed by atoms with van der Waals surface area (Å²) in [6.45, 7) is 0. The van der Waals surface area contributed by atoms with Gasteiger partial charge in [-0.1, -0.05) is 12.1 Å². The van der Waals surface area contributed by atoms with E-state index < -0.39 is 15.9 Å². The largest absolute Gasteiger partial charge is 1.00 e. The minimum Gasteiger partial charge on any atom is -0.268 e. The van der Waals surface area contributed by atoms with Crippen molar-refractivity contribution in [1.29, 1.82) is 0 Å². The maximum Gasteiger partial charge on any atom is 1.00 e. The molecule has 0 radical (unpaired) electrons. The fraction of sp³-hybridized carbons (Fsp3) is 0. The molecule has 1 aliphatic rings. The van der Waals surface area contributed by atoms with E-state index >= 15 is 0 Å². The summed E-state index contributed by atoms with van der Waals surface area (Å²) in [6, 6.07) is 6.09. The van der Waals surface area contributed by atoms with Crippen LogP contribution in [0.3, 0.4) is 0 Å². The number of fused-ring (bicyclic) bond motifs is 1. The van der Waals surface area contributed by atoms with Gasteiger partial charge in [0.05, 0.1) is 5.56 Å². The molecule has 0 atom stereocenters. The minimum atomic E-state index is -3.55. The van der Waals surface area contributed by atoms with Crippen LogP contribution in [0.5, 0.6) is 0 Å². The molecule has 1 aliphatic heterocycles. The summed E-state index contributed by atoms with van der Waals surface area (Å²) >= 11 is 0. The first kappa shape index (κ1) is 10.3. The summed E-state index contributed by atoms with van der Waals surface area (Å²) in [6.07, 6.45) is 0. The second-order valence-electron chi connectivity index (χ2n) is 2.43. The Balaban J connectivity index is 0.000000845. The normalized spacial score (nSPS) is 17.1. The predicted octanol–water partition coefficient (Wildman–Crippen LogP) is -2.88. The number of benzene rings is 1. The first-order chi connectivity index (χ1) is 5.61. The van der Waals surface area contributed by atoms with Crippen LogP contribution in [0.2, 0.25) is 0 Å². The van der Waals surface area contributed by atoms with Crippen molar-refractivity contribution in [2.75, 3.05) is 0 Å². The quantitative estimate of drug-likeness (QED) is 0.447. The van der Waals surface area contributed by atoms with Gasteiger partial charge in [0.25, 0.3) is 15.9 Å². The molecule has 1 heterocycles. The smallest absolute Gasteiger partial charge is 0.268 e. The molecule has 0 saturated heterocycles. The molecule has 0 aromatic heterocycles. The van der Waals surface area contributed by atoms with E-state index in [1.165, 1.54) is 12.1 Å². The number of carbonyl (C=O) groups excluding carboxylic acids is 1. The Morgan fingerprint density at radius 2 is 1.77 bits per heavy atom. The predicted molar refractivity (Wildman–Crippen MR) is 41.1 cm³/mol. The molecular formula is C7H5LiNO3S+. The molecule has 0 spiro atoms. The first-order valence-electron chi connectivity index (χ1n) is 3.27. The SMILES string of the molecule is O=C1NS(=O)(=O)c2ccccc21.[Li+]. The molecule has 1 amide bonds. The van der Waals surface area contributed by atoms with E-state index in [0.717, 1.165) is 0 Å². The van der Waals surface area contributed by atoms with Crippen molar-refractivity contribution >= 4 is 15.9 Å². The fourth-order valence-electron chi connectivity index (χ4n) is 1.12. The van der Waals surface area contributed by atoms with Gasteiger partial charge < -0.3 is 0 Å². The molecule has 2 rings (SSSR count). The molecule has 6 heteroatoms. The van der Waals surface area contributed by atoms with Crippen molar-refractivity contribution in [2.45, 2.75) is 4.90 Å². The van der Waals surface area contributed by atoms with Gasteiger partial charge >= 0.3 is 18.9 Å². The summed E-state index contributed by atoms with van der Waals surface area (Å²) in [5, 5.41) is 0. The Hall–Kier alpha value is -0.763. The molecule has 1 N–H and O–H groups in total. The summed E-state index contributed by atoms with van der Waals surface area (Å²) in [7, 11) is -3.55. The molecule has 0 unspecified atom stereocenters. The summed E-state index contributed by atoms with van der Waals surface area (Å²) in [5.41, 5.74) is 0.220. The van der Waals surface area contributed by atoms with E-state index in [9.17, 15) is 13.2 Å². The van der Waals surface area contributed by atoms with Crippen LogP contribution < -0.4 is 23.6 Å². The van der Waals surface area contributed by atoms with Crippen molar-refractivity contribution < 1.29 is 32.1 Å². The Morgan fingerprint density at radius 3 is 2.38 bits per heavy atom. The number of hydrogen-bond donors (Lipinski definition) is 1. The number of amides is 1. The minimum absolute atomic E-state index is 0. The van der Waals surface area contributed by atoms with Gasteiger partial charge in [0.1, 0.15) is 4.90 Å². The molecule has 0 bridgehead atoms. The Bertz CT molecular complexity index is 455. The van der Waals surface area contributed by atoms with Crippen molar-refractivity contribution in [3.05, 3.63) is 29.8 Å². The number of sulfonamides is 1. The van der Waals surface area contributed by atoms with Gasteiger partial charge in [-0.15, -0.1) is 0 Å². The van der Waals surface area contributed by atoms with E-state index in [2.05, 4.69) is 0 Å². The average Bonchev–Trinajstić information content (AvgIpc) is 2.25. The molecule has 1 aromatic carbocycles. The van der Waals surface area contributed by atoms with Gasteiger partial charge in [0.15, 0.2) is 0 Å². The van der Waals surface area contributed by atoms with E-state index in [0.29, 0.717) is 0 Å². The molecule has 62 valence electrons. The summed E-state index contributed by atoms with van der Waals surface area (Å²) in [5.74, 6) is -0.550. The molecule has 0 fully saturated rings. The fourth-order valence-corrected chi connectivity index (χ4v) is 2.29. The molecule has 1 aromatic rings. The van der Waals surface area contributed by atoms with Crippen LogP contribution in [0, 0.1) is 0 Å². The monoisotopic (exact) mass is 190 g/mol. The van der Waals surface area contributed by atoms with Crippen LogP contribution in [-0.2, 0) is 10.0 Å². The van der Waals surface area contributed by atoms with Gasteiger partial charge in [-0.2, -0.15) is 0 Å². The van der Waals surface area contributed by atoms with E-state index in [1.807, 2.05) is 4.72 Å². The van der Waals surface area contributed by atoms with Gasteiger partial charge in [0, 0.05) is 0 Å². The molecular weight excluding hydrogens is 185 g/mol. The zero-order chi connectivity index (χ0) is 8.77. The average molecular weight is 190 g/mol. The van der Waals surface area contributed by atoms with Gasteiger partial charge in [-0.3, -0.25) is 4.79 Å². The first-order valence-corrected chi connectivity index (χ1v) is 4.76. The Morgan fingerprint density at radius 1 is 1.15 bits per heavy atom. The van der Waals surface area contributed by atoms with Crippen molar-refractivity contribution in [3.8, 4) is 0 Å². The Labute approximate surface area is 87.6 Å². The summed E-state index contributed by atoms with van der Waals surface area (Å²) < 4.78 is 24.2. The van der Waals surface area contributed by atoms with Gasteiger partial charge in [-0.05, 0) is 12.1 Å². The number of nitrogens with one attached hydrogen (secondary N) is 1. The van der Waals surface area contributed by atoms with E-state index in [-0.39, 0.29) is 29.3 Å². The van der Waals surface area contributed by atoms with Crippen LogP contribution in [0.1, 0.15) is 10.4 Å². The number of rotatable bonds is 0. The molecule has 0 saturated carbocycles. The maximum atomic E-state index is 11.1. The van der Waals surface area contributed by atoms with Crippen LogP contribution in [0.25, 0.3) is 0 Å². The van der Waals surface area contributed by atoms with Crippen molar-refractivity contribution in [1.82, 2.24) is 4.72 Å². The Kier molecular flexibility index (Phi) is 2.53. The van der Waals surface area contributed by atoms with Gasteiger partial charge in [0.2, 0.25) is 0 Å². The van der Waals surface area contributed by atoms with Crippen molar-refractivity contribution in [2.24, 2.45) is 0 Å². The van der Waals surface area contributed by atoms with Crippen LogP contribution in [0.4, 0.5) is 0 Å². The third-order valence-corrected chi connectivity index (χ3v) is 3.04. The standard InChI is InChI=1S/C7H5NO3S.Li/c9-7-5-3-1-2-4-6(5)12(10,11)8-7;/h1-4H,(H,8,9);/q;+1. The number of hydrogen-bond acceptors (Lipinski definition) is 3. The van der Waals surface area contributed by atoms with Crippen molar-refractivity contribution in [3.63, 3.8) is 0 Å². The van der Waals surface area contributed by atoms with Crippen LogP contribution >= 0.6 is 0 Å². The second-order valence-corrected chi connectivity index (χ2v) is 4.08. The van der Waals surface area contributed by atoms with Crippen LogP contribution in [-0.4, -0.2) is 14.3 Å². The second kappa shape index (κ2) is 3.18. The topological polar surface area (TPSA) is 63.2 Å². The van der Waals surface area contributed by atoms with Crippen LogP contribution in [0.15, 0.2) is 29.2 Å². The molecule has 4 nitrogen and oxygen atoms in total. The maximum absolute atomic E-state index is 11.1. The zero-order valence-electron chi connectivity index (χ0n) is 6.94. The van der Waals surface area contributed by atoms with E-state index in [4.69, 9.17) is 0 Å². The zero-order valence-corrected chi connectivity index (χ0v) is 7.76. The summed E-state index contributed by atoms with van der Waals surface area (Å²) in [4.78, 5) is 11.1. The molecule has 0 aliphatic carbocycles. The third kappa shape index (κ3) is 1.51. The third-order valence-electron chi connectivity index (χ3n) is 1.65. The number of carbonyl (C=O) groups is 1. The van der Waals surface area contributed by atoms with Gasteiger partial charge in [-0.25, -0.2) is 13.1 Å².